The molecule has 5 rings (SSSR count). The summed E-state index contributed by atoms with van der Waals surface area (Å²) in [5.41, 5.74) is 1.21. The van der Waals surface area contributed by atoms with Gasteiger partial charge in [-0.05, 0) is 55.8 Å². The maximum absolute atomic E-state index is 12.9. The quantitative estimate of drug-likeness (QED) is 0.357. The second kappa shape index (κ2) is 10.7. The highest BCUT2D eigenvalue weighted by molar-refractivity contribution is 7.13. The minimum atomic E-state index is -0.281. The van der Waals surface area contributed by atoms with E-state index in [9.17, 15) is 4.79 Å². The molecule has 0 bridgehead atoms. The van der Waals surface area contributed by atoms with Gasteiger partial charge >= 0.3 is 0 Å². The Morgan fingerprint density at radius 1 is 1.17 bits per heavy atom. The molecule has 4 aromatic rings. The molecule has 1 amide bonds. The number of hydrogen-bond acceptors (Lipinski definition) is 9. The predicted molar refractivity (Wildman–Crippen MR) is 132 cm³/mol. The van der Waals surface area contributed by atoms with E-state index in [2.05, 4.69) is 25.8 Å². The first-order valence-corrected chi connectivity index (χ1v) is 12.3. The summed E-state index contributed by atoms with van der Waals surface area (Å²) in [6.07, 6.45) is 3.90. The maximum Gasteiger partial charge on any atom is 0.257 e. The SMILES string of the molecule is Cc1nnc(-c2ccc(Oc3cc(OCC4CCCNC4)cc(C(=O)Nc4nccs4)c3)cc2)o1. The lowest BCUT2D eigenvalue weighted by atomic mass is 10.0. The minimum Gasteiger partial charge on any atom is -0.493 e. The second-order valence-electron chi connectivity index (χ2n) is 8.26. The van der Waals surface area contributed by atoms with Gasteiger partial charge in [-0.1, -0.05) is 0 Å². The van der Waals surface area contributed by atoms with Gasteiger partial charge in [0.25, 0.3) is 5.91 Å². The van der Waals surface area contributed by atoms with Crippen molar-refractivity contribution in [3.63, 3.8) is 0 Å². The standard InChI is InChI=1S/C25H25N5O4S/c1-16-29-30-24(33-16)18-4-6-20(7-5-18)34-22-12-19(23(31)28-25-27-9-10-35-25)11-21(13-22)32-15-17-3-2-8-26-14-17/h4-7,9-13,17,26H,2-3,8,14-15H2,1H3,(H,27,28,31). The number of nitrogens with zero attached hydrogens (tertiary/aromatic N) is 3. The number of benzene rings is 2. The summed E-state index contributed by atoms with van der Waals surface area (Å²) in [6, 6.07) is 12.5. The van der Waals surface area contributed by atoms with Crippen LogP contribution in [0.15, 0.2) is 58.5 Å². The van der Waals surface area contributed by atoms with Crippen LogP contribution in [0.4, 0.5) is 5.13 Å². The fourth-order valence-corrected chi connectivity index (χ4v) is 4.32. The summed E-state index contributed by atoms with van der Waals surface area (Å²) < 4.78 is 17.6. The summed E-state index contributed by atoms with van der Waals surface area (Å²) >= 11 is 1.36. The molecule has 10 heteroatoms. The van der Waals surface area contributed by atoms with Crippen LogP contribution < -0.4 is 20.1 Å². The minimum absolute atomic E-state index is 0.281. The highest BCUT2D eigenvalue weighted by Gasteiger charge is 2.16. The Kier molecular flexibility index (Phi) is 7.01. The van der Waals surface area contributed by atoms with E-state index in [4.69, 9.17) is 13.9 Å². The fourth-order valence-electron chi connectivity index (χ4n) is 3.79. The Hall–Kier alpha value is -3.76. The van der Waals surface area contributed by atoms with Crippen LogP contribution in [0, 0.1) is 12.8 Å². The number of piperidine rings is 1. The number of ether oxygens (including phenoxy) is 2. The van der Waals surface area contributed by atoms with Gasteiger partial charge in [-0.25, -0.2) is 4.98 Å². The van der Waals surface area contributed by atoms with E-state index in [1.165, 1.54) is 11.3 Å². The Morgan fingerprint density at radius 2 is 2.03 bits per heavy atom. The average Bonchev–Trinajstić information content (AvgIpc) is 3.55. The van der Waals surface area contributed by atoms with Crippen molar-refractivity contribution in [3.8, 4) is 28.7 Å². The highest BCUT2D eigenvalue weighted by atomic mass is 32.1. The lowest BCUT2D eigenvalue weighted by molar-refractivity contribution is 0.102. The van der Waals surface area contributed by atoms with Crippen LogP contribution in [-0.4, -0.2) is 40.8 Å². The van der Waals surface area contributed by atoms with E-state index in [0.717, 1.165) is 31.5 Å². The number of nitrogens with one attached hydrogen (secondary N) is 2. The van der Waals surface area contributed by atoms with Crippen molar-refractivity contribution < 1.29 is 18.7 Å². The van der Waals surface area contributed by atoms with Gasteiger partial charge in [-0.2, -0.15) is 0 Å². The molecule has 0 aliphatic carbocycles. The van der Waals surface area contributed by atoms with Gasteiger partial charge < -0.3 is 19.2 Å². The number of carbonyl (C=O) groups excluding carboxylic acids is 1. The van der Waals surface area contributed by atoms with E-state index < -0.39 is 0 Å². The maximum atomic E-state index is 12.9. The largest absolute Gasteiger partial charge is 0.493 e. The van der Waals surface area contributed by atoms with E-state index in [0.29, 0.717) is 52.2 Å². The number of carbonyl (C=O) groups is 1. The molecule has 1 saturated heterocycles. The number of aryl methyl sites for hydroxylation is 1. The molecular weight excluding hydrogens is 466 g/mol. The van der Waals surface area contributed by atoms with Crippen LogP contribution in [0.3, 0.4) is 0 Å². The lowest BCUT2D eigenvalue weighted by Crippen LogP contribution is -2.33. The molecular formula is C25H25N5O4S. The molecule has 0 radical (unpaired) electrons. The zero-order valence-corrected chi connectivity index (χ0v) is 20.0. The summed E-state index contributed by atoms with van der Waals surface area (Å²) in [5, 5.41) is 16.4. The van der Waals surface area contributed by atoms with Crippen LogP contribution in [-0.2, 0) is 0 Å². The Bertz CT molecular complexity index is 1270. The number of hydrogen-bond donors (Lipinski definition) is 2. The van der Waals surface area contributed by atoms with Gasteiger partial charge in [-0.15, -0.1) is 21.5 Å². The summed E-state index contributed by atoms with van der Waals surface area (Å²) in [5.74, 6) is 2.78. The van der Waals surface area contributed by atoms with Gasteiger partial charge in [0.05, 0.1) is 6.61 Å². The van der Waals surface area contributed by atoms with E-state index in [1.54, 1.807) is 36.7 Å². The third kappa shape index (κ3) is 6.03. The summed E-state index contributed by atoms with van der Waals surface area (Å²) in [4.78, 5) is 17.0. The molecule has 1 fully saturated rings. The first kappa shape index (κ1) is 23.0. The zero-order valence-electron chi connectivity index (χ0n) is 19.2. The topological polar surface area (TPSA) is 111 Å². The highest BCUT2D eigenvalue weighted by Crippen LogP contribution is 2.30. The van der Waals surface area contributed by atoms with Crippen molar-refractivity contribution in [2.24, 2.45) is 5.92 Å². The van der Waals surface area contributed by atoms with E-state index in [1.807, 2.05) is 24.3 Å². The van der Waals surface area contributed by atoms with Crippen molar-refractivity contribution in [1.82, 2.24) is 20.5 Å². The normalized spacial score (nSPS) is 15.5. The fraction of sp³-hybridized carbons (Fsp3) is 0.280. The first-order chi connectivity index (χ1) is 17.1. The number of rotatable bonds is 8. The zero-order chi connectivity index (χ0) is 24.0. The lowest BCUT2D eigenvalue weighted by Gasteiger charge is -2.23. The monoisotopic (exact) mass is 491 g/mol. The number of amides is 1. The van der Waals surface area contributed by atoms with Crippen LogP contribution in [0.1, 0.15) is 29.1 Å². The molecule has 3 heterocycles. The molecule has 2 aromatic heterocycles. The molecule has 1 aliphatic heterocycles. The third-order valence-corrected chi connectivity index (χ3v) is 6.23. The van der Waals surface area contributed by atoms with Gasteiger partial charge in [0.2, 0.25) is 11.8 Å². The average molecular weight is 492 g/mol. The van der Waals surface area contributed by atoms with E-state index in [-0.39, 0.29) is 5.91 Å². The molecule has 35 heavy (non-hydrogen) atoms. The van der Waals surface area contributed by atoms with Crippen molar-refractivity contribution in [3.05, 3.63) is 65.5 Å². The molecule has 1 unspecified atom stereocenters. The number of aromatic nitrogens is 3. The predicted octanol–water partition coefficient (Wildman–Crippen LogP) is 4.92. The van der Waals surface area contributed by atoms with Crippen molar-refractivity contribution in [2.45, 2.75) is 19.8 Å². The van der Waals surface area contributed by atoms with Crippen molar-refractivity contribution in [2.75, 3.05) is 25.0 Å². The second-order valence-corrected chi connectivity index (χ2v) is 9.16. The Labute approximate surface area is 206 Å². The third-order valence-electron chi connectivity index (χ3n) is 5.54. The molecule has 180 valence electrons. The molecule has 0 saturated carbocycles. The van der Waals surface area contributed by atoms with Crippen LogP contribution >= 0.6 is 11.3 Å². The van der Waals surface area contributed by atoms with Crippen molar-refractivity contribution >= 4 is 22.4 Å². The molecule has 0 spiro atoms. The Balaban J connectivity index is 1.34. The van der Waals surface area contributed by atoms with Crippen LogP contribution in [0.2, 0.25) is 0 Å². The van der Waals surface area contributed by atoms with Crippen LogP contribution in [0.25, 0.3) is 11.5 Å². The van der Waals surface area contributed by atoms with Gasteiger partial charge in [0.1, 0.15) is 17.2 Å². The van der Waals surface area contributed by atoms with Gasteiger partial charge in [-0.3, -0.25) is 10.1 Å². The first-order valence-electron chi connectivity index (χ1n) is 11.4. The molecule has 2 aromatic carbocycles. The molecule has 1 aliphatic rings. The smallest absolute Gasteiger partial charge is 0.257 e. The van der Waals surface area contributed by atoms with Gasteiger partial charge in [0, 0.05) is 48.2 Å². The summed E-state index contributed by atoms with van der Waals surface area (Å²) in [6.45, 7) is 4.30. The van der Waals surface area contributed by atoms with E-state index >= 15 is 0 Å². The molecule has 1 atom stereocenters. The molecule has 9 nitrogen and oxygen atoms in total. The number of thiazole rings is 1. The van der Waals surface area contributed by atoms with Gasteiger partial charge in [0.15, 0.2) is 5.13 Å². The Morgan fingerprint density at radius 3 is 2.74 bits per heavy atom. The molecule has 2 N–H and O–H groups in total. The summed E-state index contributed by atoms with van der Waals surface area (Å²) in [7, 11) is 0. The van der Waals surface area contributed by atoms with Crippen LogP contribution in [0.5, 0.6) is 17.2 Å². The van der Waals surface area contributed by atoms with Crippen molar-refractivity contribution in [1.29, 1.82) is 0 Å². The number of anilines is 1.